The van der Waals surface area contributed by atoms with Crippen LogP contribution >= 0.6 is 23.2 Å². The molecule has 1 amide bonds. The lowest BCUT2D eigenvalue weighted by Gasteiger charge is -2.26. The van der Waals surface area contributed by atoms with Crippen molar-refractivity contribution in [3.05, 3.63) is 40.9 Å². The lowest BCUT2D eigenvalue weighted by molar-refractivity contribution is 0.0584. The Kier molecular flexibility index (Phi) is 5.27. The molecule has 0 fully saturated rings. The molecule has 1 aromatic carbocycles. The van der Waals surface area contributed by atoms with Crippen LogP contribution in [0.3, 0.4) is 0 Å². The Balaban J connectivity index is 3.05. The van der Waals surface area contributed by atoms with Crippen molar-refractivity contribution in [1.82, 2.24) is 0 Å². The van der Waals surface area contributed by atoms with Crippen molar-refractivity contribution in [1.29, 1.82) is 0 Å². The molecule has 0 aromatic heterocycles. The maximum absolute atomic E-state index is 12.1. The average Bonchev–Trinajstić information content (AvgIpc) is 2.21. The quantitative estimate of drug-likeness (QED) is 0.742. The first kappa shape index (κ1) is 15.9. The van der Waals surface area contributed by atoms with Gasteiger partial charge in [0.15, 0.2) is 0 Å². The predicted molar refractivity (Wildman–Crippen MR) is 80.2 cm³/mol. The Morgan fingerprint density at radius 1 is 1.32 bits per heavy atom. The Morgan fingerprint density at radius 2 is 1.84 bits per heavy atom. The largest absolute Gasteiger partial charge is 0.443 e. The van der Waals surface area contributed by atoms with Gasteiger partial charge in [-0.2, -0.15) is 0 Å². The number of ether oxygens (including phenoxy) is 1. The van der Waals surface area contributed by atoms with E-state index in [1.165, 1.54) is 4.90 Å². The molecule has 1 rings (SSSR count). The molecule has 0 radical (unpaired) electrons. The highest BCUT2D eigenvalue weighted by Crippen LogP contribution is 2.26. The van der Waals surface area contributed by atoms with Crippen molar-refractivity contribution in [3.8, 4) is 0 Å². The molecular formula is C14H17Cl2NO2. The first-order valence-corrected chi connectivity index (χ1v) is 6.56. The summed E-state index contributed by atoms with van der Waals surface area (Å²) >= 11 is 11.9. The van der Waals surface area contributed by atoms with Crippen LogP contribution in [0.15, 0.2) is 30.9 Å². The summed E-state index contributed by atoms with van der Waals surface area (Å²) in [6.07, 6.45) is 1.14. The number of amides is 1. The van der Waals surface area contributed by atoms with E-state index in [-0.39, 0.29) is 0 Å². The number of hydrogen-bond acceptors (Lipinski definition) is 2. The van der Waals surface area contributed by atoms with Gasteiger partial charge in [0.25, 0.3) is 0 Å². The van der Waals surface area contributed by atoms with E-state index in [0.717, 1.165) is 0 Å². The topological polar surface area (TPSA) is 29.5 Å². The number of hydrogen-bond donors (Lipinski definition) is 0. The molecule has 0 heterocycles. The van der Waals surface area contributed by atoms with E-state index in [9.17, 15) is 4.79 Å². The molecule has 0 aliphatic rings. The van der Waals surface area contributed by atoms with Gasteiger partial charge in [0.1, 0.15) is 5.60 Å². The summed E-state index contributed by atoms with van der Waals surface area (Å²) in [4.78, 5) is 13.6. The van der Waals surface area contributed by atoms with Crippen LogP contribution in [0.1, 0.15) is 20.8 Å². The van der Waals surface area contributed by atoms with Gasteiger partial charge in [-0.05, 0) is 39.0 Å². The molecule has 0 atom stereocenters. The Hall–Kier alpha value is -1.19. The molecule has 104 valence electrons. The van der Waals surface area contributed by atoms with Crippen molar-refractivity contribution in [2.75, 3.05) is 11.4 Å². The van der Waals surface area contributed by atoms with Crippen LogP contribution in [0.5, 0.6) is 0 Å². The second-order valence-electron chi connectivity index (χ2n) is 5.01. The SMILES string of the molecule is C=CCN(C(=O)OC(C)(C)C)c1cc(Cl)cc(Cl)c1. The van der Waals surface area contributed by atoms with Gasteiger partial charge >= 0.3 is 6.09 Å². The summed E-state index contributed by atoms with van der Waals surface area (Å²) in [6.45, 7) is 9.37. The van der Waals surface area contributed by atoms with Gasteiger partial charge in [0.2, 0.25) is 0 Å². The first-order chi connectivity index (χ1) is 8.73. The zero-order valence-electron chi connectivity index (χ0n) is 11.2. The van der Waals surface area contributed by atoms with Gasteiger partial charge in [-0.25, -0.2) is 4.79 Å². The zero-order valence-corrected chi connectivity index (χ0v) is 12.8. The van der Waals surface area contributed by atoms with E-state index >= 15 is 0 Å². The Bertz CT molecular complexity index is 461. The highest BCUT2D eigenvalue weighted by atomic mass is 35.5. The molecule has 0 spiro atoms. The van der Waals surface area contributed by atoms with Gasteiger partial charge in [-0.3, -0.25) is 4.90 Å². The number of benzene rings is 1. The Labute approximate surface area is 123 Å². The summed E-state index contributed by atoms with van der Waals surface area (Å²) in [6, 6.07) is 4.91. The summed E-state index contributed by atoms with van der Waals surface area (Å²) in [5.41, 5.74) is 0.00504. The number of halogens is 2. The van der Waals surface area contributed by atoms with Crippen LogP contribution < -0.4 is 4.90 Å². The molecule has 0 saturated heterocycles. The second-order valence-corrected chi connectivity index (χ2v) is 5.88. The fourth-order valence-electron chi connectivity index (χ4n) is 1.43. The third-order valence-corrected chi connectivity index (χ3v) is 2.52. The fourth-order valence-corrected chi connectivity index (χ4v) is 1.94. The standard InChI is InChI=1S/C14H17Cl2NO2/c1-5-6-17(13(18)19-14(2,3)4)12-8-10(15)7-11(16)9-12/h5,7-9H,1,6H2,2-4H3. The predicted octanol–water partition coefficient (Wildman–Crippen LogP) is 4.92. The van der Waals surface area contributed by atoms with E-state index in [0.29, 0.717) is 22.3 Å². The highest BCUT2D eigenvalue weighted by Gasteiger charge is 2.23. The van der Waals surface area contributed by atoms with E-state index in [1.54, 1.807) is 24.3 Å². The van der Waals surface area contributed by atoms with Gasteiger partial charge in [-0.1, -0.05) is 29.3 Å². The van der Waals surface area contributed by atoms with Gasteiger partial charge < -0.3 is 4.74 Å². The van der Waals surface area contributed by atoms with E-state index in [2.05, 4.69) is 6.58 Å². The summed E-state index contributed by atoms with van der Waals surface area (Å²) in [5.74, 6) is 0. The minimum atomic E-state index is -0.571. The average molecular weight is 302 g/mol. The summed E-state index contributed by atoms with van der Waals surface area (Å²) < 4.78 is 5.34. The van der Waals surface area contributed by atoms with Crippen LogP contribution in [0.2, 0.25) is 10.0 Å². The maximum Gasteiger partial charge on any atom is 0.415 e. The minimum Gasteiger partial charge on any atom is -0.443 e. The van der Waals surface area contributed by atoms with Gasteiger partial charge in [0.05, 0.1) is 5.69 Å². The molecule has 0 aliphatic heterocycles. The lowest BCUT2D eigenvalue weighted by atomic mass is 10.2. The highest BCUT2D eigenvalue weighted by molar-refractivity contribution is 6.35. The molecule has 0 aliphatic carbocycles. The van der Waals surface area contributed by atoms with Crippen LogP contribution in [0.25, 0.3) is 0 Å². The van der Waals surface area contributed by atoms with Gasteiger partial charge in [0, 0.05) is 16.6 Å². The molecule has 19 heavy (non-hydrogen) atoms. The summed E-state index contributed by atoms with van der Waals surface area (Å²) in [7, 11) is 0. The lowest BCUT2D eigenvalue weighted by Crippen LogP contribution is -2.37. The van der Waals surface area contributed by atoms with E-state index in [4.69, 9.17) is 27.9 Å². The molecule has 0 saturated carbocycles. The number of carbonyl (C=O) groups excluding carboxylic acids is 1. The van der Waals surface area contributed by atoms with Crippen molar-refractivity contribution in [2.45, 2.75) is 26.4 Å². The fraction of sp³-hybridized carbons (Fsp3) is 0.357. The molecule has 0 unspecified atom stereocenters. The van der Waals surface area contributed by atoms with E-state index < -0.39 is 11.7 Å². The van der Waals surface area contributed by atoms with Crippen LogP contribution in [-0.2, 0) is 4.74 Å². The second kappa shape index (κ2) is 6.31. The van der Waals surface area contributed by atoms with Crippen LogP contribution in [0.4, 0.5) is 10.5 Å². The molecule has 5 heteroatoms. The number of anilines is 1. The monoisotopic (exact) mass is 301 g/mol. The van der Waals surface area contributed by atoms with E-state index in [1.807, 2.05) is 20.8 Å². The molecular weight excluding hydrogens is 285 g/mol. The zero-order chi connectivity index (χ0) is 14.6. The van der Waals surface area contributed by atoms with Crippen LogP contribution in [0, 0.1) is 0 Å². The number of rotatable bonds is 3. The van der Waals surface area contributed by atoms with Crippen molar-refractivity contribution >= 4 is 35.0 Å². The molecule has 0 bridgehead atoms. The first-order valence-electron chi connectivity index (χ1n) is 5.80. The van der Waals surface area contributed by atoms with Crippen molar-refractivity contribution in [3.63, 3.8) is 0 Å². The molecule has 1 aromatic rings. The van der Waals surface area contributed by atoms with Crippen molar-refractivity contribution in [2.24, 2.45) is 0 Å². The smallest absolute Gasteiger partial charge is 0.415 e. The van der Waals surface area contributed by atoms with Crippen LogP contribution in [-0.4, -0.2) is 18.2 Å². The Morgan fingerprint density at radius 3 is 2.26 bits per heavy atom. The maximum atomic E-state index is 12.1. The number of nitrogens with zero attached hydrogens (tertiary/aromatic N) is 1. The summed E-state index contributed by atoms with van der Waals surface area (Å²) in [5, 5.41) is 0.917. The number of carbonyl (C=O) groups is 1. The third-order valence-electron chi connectivity index (χ3n) is 2.08. The molecule has 3 nitrogen and oxygen atoms in total. The van der Waals surface area contributed by atoms with Crippen molar-refractivity contribution < 1.29 is 9.53 Å². The van der Waals surface area contributed by atoms with Gasteiger partial charge in [-0.15, -0.1) is 6.58 Å². The minimum absolute atomic E-state index is 0.311. The molecule has 0 N–H and O–H groups in total. The normalized spacial score (nSPS) is 11.0. The third kappa shape index (κ3) is 5.13.